The van der Waals surface area contributed by atoms with E-state index in [2.05, 4.69) is 10.3 Å². The maximum atomic E-state index is 12.9. The van der Waals surface area contributed by atoms with E-state index in [9.17, 15) is 19.2 Å². The molecule has 2 saturated heterocycles. The molecule has 42 heavy (non-hydrogen) atoms. The second-order valence-electron chi connectivity index (χ2n) is 9.94. The van der Waals surface area contributed by atoms with Crippen LogP contribution in [0.2, 0.25) is 0 Å². The van der Waals surface area contributed by atoms with Gasteiger partial charge in [-0.25, -0.2) is 9.59 Å². The number of aliphatic imine (C=N–C) groups is 1. The van der Waals surface area contributed by atoms with E-state index in [-0.39, 0.29) is 30.4 Å². The number of rotatable bonds is 10. The number of Topliss-reactive ketones (excluding diaryl/α,β-unsaturated/α-hetero) is 1. The van der Waals surface area contributed by atoms with Crippen molar-refractivity contribution in [1.82, 2.24) is 5.32 Å². The number of nitrogens with zero attached hydrogens (tertiary/aromatic N) is 1. The Hall–Kier alpha value is -4.29. The number of carbonyl (C=O) groups excluding carboxylic acids is 4. The van der Waals surface area contributed by atoms with Gasteiger partial charge in [0, 0.05) is 42.4 Å². The molecule has 2 amide bonds. The lowest BCUT2D eigenvalue weighted by atomic mass is 10.0. The summed E-state index contributed by atoms with van der Waals surface area (Å²) in [7, 11) is 0. The number of amidine groups is 1. The molecule has 2 aromatic rings. The Bertz CT molecular complexity index is 1270. The van der Waals surface area contributed by atoms with Crippen LogP contribution in [-0.2, 0) is 23.7 Å². The van der Waals surface area contributed by atoms with Gasteiger partial charge >= 0.3 is 12.1 Å². The maximum Gasteiger partial charge on any atom is 0.435 e. The first-order valence-electron chi connectivity index (χ1n) is 13.9. The van der Waals surface area contributed by atoms with E-state index in [0.29, 0.717) is 74.6 Å². The fraction of sp³-hybridized carbons (Fsp3) is 0.433. The Morgan fingerprint density at radius 3 is 1.95 bits per heavy atom. The van der Waals surface area contributed by atoms with Crippen molar-refractivity contribution < 1.29 is 42.9 Å². The normalized spacial score (nSPS) is 17.1. The lowest BCUT2D eigenvalue weighted by Gasteiger charge is -2.22. The van der Waals surface area contributed by atoms with Gasteiger partial charge in [-0.05, 0) is 43.3 Å². The van der Waals surface area contributed by atoms with Crippen LogP contribution in [0.4, 0.5) is 4.79 Å². The summed E-state index contributed by atoms with van der Waals surface area (Å²) in [5.74, 6) is -0.850. The highest BCUT2D eigenvalue weighted by Crippen LogP contribution is 2.16. The minimum absolute atomic E-state index is 0.0359. The lowest BCUT2D eigenvalue weighted by Crippen LogP contribution is -2.38. The predicted molar refractivity (Wildman–Crippen MR) is 151 cm³/mol. The molecule has 0 aliphatic carbocycles. The average molecular weight is 582 g/mol. The van der Waals surface area contributed by atoms with Crippen LogP contribution in [-0.4, -0.2) is 80.9 Å². The van der Waals surface area contributed by atoms with Crippen molar-refractivity contribution in [2.24, 2.45) is 10.7 Å². The first-order valence-corrected chi connectivity index (χ1v) is 13.9. The van der Waals surface area contributed by atoms with Gasteiger partial charge in [0.25, 0.3) is 5.91 Å². The van der Waals surface area contributed by atoms with E-state index < -0.39 is 24.0 Å². The Morgan fingerprint density at radius 1 is 0.833 bits per heavy atom. The smallest absolute Gasteiger partial charge is 0.435 e. The third kappa shape index (κ3) is 9.11. The van der Waals surface area contributed by atoms with Crippen molar-refractivity contribution in [2.45, 2.75) is 50.9 Å². The summed E-state index contributed by atoms with van der Waals surface area (Å²) in [4.78, 5) is 53.5. The van der Waals surface area contributed by atoms with Gasteiger partial charge in [0.05, 0.1) is 32.5 Å². The zero-order chi connectivity index (χ0) is 29.9. The van der Waals surface area contributed by atoms with E-state index in [4.69, 9.17) is 29.4 Å². The molecular formula is C30H35N3O9. The van der Waals surface area contributed by atoms with Crippen molar-refractivity contribution >= 4 is 29.6 Å². The number of nitrogens with one attached hydrogen (secondary N) is 1. The molecule has 0 spiro atoms. The van der Waals surface area contributed by atoms with E-state index in [0.717, 1.165) is 0 Å². The topological polar surface area (TPSA) is 165 Å². The van der Waals surface area contributed by atoms with Crippen LogP contribution in [0.15, 0.2) is 53.5 Å². The molecule has 2 fully saturated rings. The maximum absolute atomic E-state index is 12.9. The molecule has 12 heteroatoms. The third-order valence-corrected chi connectivity index (χ3v) is 6.79. The second kappa shape index (κ2) is 15.1. The summed E-state index contributed by atoms with van der Waals surface area (Å²) in [5, 5.41) is 2.68. The highest BCUT2D eigenvalue weighted by Gasteiger charge is 2.21. The Kier molecular flexibility index (Phi) is 11.0. The largest absolute Gasteiger partial charge is 0.482 e. The van der Waals surface area contributed by atoms with Crippen LogP contribution >= 0.6 is 0 Å². The van der Waals surface area contributed by atoms with Crippen LogP contribution in [0.25, 0.3) is 0 Å². The highest BCUT2D eigenvalue weighted by atomic mass is 16.6. The summed E-state index contributed by atoms with van der Waals surface area (Å²) in [6.45, 7) is 3.54. The van der Waals surface area contributed by atoms with Gasteiger partial charge < -0.3 is 34.7 Å². The van der Waals surface area contributed by atoms with Gasteiger partial charge in [0.2, 0.25) is 0 Å². The van der Waals surface area contributed by atoms with Crippen LogP contribution in [0.5, 0.6) is 5.75 Å². The van der Waals surface area contributed by atoms with Gasteiger partial charge in [-0.1, -0.05) is 12.1 Å². The monoisotopic (exact) mass is 581 g/mol. The van der Waals surface area contributed by atoms with Gasteiger partial charge in [-0.3, -0.25) is 9.59 Å². The average Bonchev–Trinajstić information content (AvgIpc) is 3.01. The predicted octanol–water partition coefficient (Wildman–Crippen LogP) is 2.81. The number of ketones is 1. The quantitative estimate of drug-likeness (QED) is 0.184. The molecule has 12 nitrogen and oxygen atoms in total. The number of nitrogens with two attached hydrogens (primary N) is 1. The van der Waals surface area contributed by atoms with Crippen LogP contribution in [0.3, 0.4) is 0 Å². The zero-order valence-corrected chi connectivity index (χ0v) is 23.4. The van der Waals surface area contributed by atoms with E-state index in [1.54, 1.807) is 43.3 Å². The Balaban J connectivity index is 1.23. The molecule has 0 unspecified atom stereocenters. The highest BCUT2D eigenvalue weighted by molar-refractivity contribution is 6.05. The molecular weight excluding hydrogens is 546 g/mol. The fourth-order valence-corrected chi connectivity index (χ4v) is 4.38. The van der Waals surface area contributed by atoms with Crippen LogP contribution in [0, 0.1) is 0 Å². The van der Waals surface area contributed by atoms with Gasteiger partial charge in [-0.15, -0.1) is 0 Å². The molecule has 2 aliphatic rings. The summed E-state index contributed by atoms with van der Waals surface area (Å²) < 4.78 is 26.6. The van der Waals surface area contributed by atoms with Crippen molar-refractivity contribution in [3.63, 3.8) is 0 Å². The standard InChI is InChI=1S/C30H35N3O9/c1-19(27(35)20-6-8-23(9-7-20)40-18-26(34)41-24-10-14-38-15-11-24)32-29(36)22-4-2-21(3-5-22)28(31)33-30(37)42-25-12-16-39-17-13-25/h2-9,19,24-25H,10-18H2,1H3,(H,32,36)(H2,31,33,37)/t19-/m0/s1. The fourth-order valence-electron chi connectivity index (χ4n) is 4.38. The van der Waals surface area contributed by atoms with E-state index in [1.165, 1.54) is 12.1 Å². The molecule has 224 valence electrons. The minimum atomic E-state index is -0.815. The molecule has 0 radical (unpaired) electrons. The summed E-state index contributed by atoms with van der Waals surface area (Å²) in [5.41, 5.74) is 7.05. The number of hydrogen-bond donors (Lipinski definition) is 2. The first kappa shape index (κ1) is 30.7. The molecule has 3 N–H and O–H groups in total. The SMILES string of the molecule is C[C@H](NC(=O)c1ccc(/C(N)=N/C(=O)OC2CCOCC2)cc1)C(=O)c1ccc(OCC(=O)OC2CCOCC2)cc1. The van der Waals surface area contributed by atoms with Crippen molar-refractivity contribution in [3.8, 4) is 5.75 Å². The van der Waals surface area contributed by atoms with Gasteiger partial charge in [-0.2, -0.15) is 4.99 Å². The molecule has 1 atom stereocenters. The molecule has 2 aromatic carbocycles. The molecule has 2 aliphatic heterocycles. The van der Waals surface area contributed by atoms with Gasteiger partial charge in [0.1, 0.15) is 23.8 Å². The third-order valence-electron chi connectivity index (χ3n) is 6.79. The van der Waals surface area contributed by atoms with Crippen molar-refractivity contribution in [3.05, 3.63) is 65.2 Å². The molecule has 0 bridgehead atoms. The number of carbonyl (C=O) groups is 4. The number of esters is 1. The number of amides is 2. The zero-order valence-electron chi connectivity index (χ0n) is 23.4. The Morgan fingerprint density at radius 2 is 1.36 bits per heavy atom. The van der Waals surface area contributed by atoms with E-state index >= 15 is 0 Å². The lowest BCUT2D eigenvalue weighted by molar-refractivity contribution is -0.155. The number of benzene rings is 2. The van der Waals surface area contributed by atoms with E-state index in [1.807, 2.05) is 0 Å². The second-order valence-corrected chi connectivity index (χ2v) is 9.94. The molecule has 0 aromatic heterocycles. The van der Waals surface area contributed by atoms with Crippen molar-refractivity contribution in [1.29, 1.82) is 0 Å². The molecule has 4 rings (SSSR count). The number of ether oxygens (including phenoxy) is 5. The Labute approximate surface area is 243 Å². The summed E-state index contributed by atoms with van der Waals surface area (Å²) in [6.07, 6.45) is 1.38. The minimum Gasteiger partial charge on any atom is -0.482 e. The van der Waals surface area contributed by atoms with Crippen molar-refractivity contribution in [2.75, 3.05) is 33.0 Å². The van der Waals surface area contributed by atoms with Gasteiger partial charge in [0.15, 0.2) is 12.4 Å². The van der Waals surface area contributed by atoms with Crippen LogP contribution < -0.4 is 15.8 Å². The molecule has 0 saturated carbocycles. The van der Waals surface area contributed by atoms with Crippen LogP contribution in [0.1, 0.15) is 58.9 Å². The number of hydrogen-bond acceptors (Lipinski definition) is 9. The first-order chi connectivity index (χ1) is 20.3. The summed E-state index contributed by atoms with van der Waals surface area (Å²) >= 11 is 0. The summed E-state index contributed by atoms with van der Waals surface area (Å²) in [6, 6.07) is 11.6. The molecule has 2 heterocycles.